The Hall–Kier alpha value is -3.09. The van der Waals surface area contributed by atoms with E-state index in [4.69, 9.17) is 14.2 Å². The van der Waals surface area contributed by atoms with Crippen LogP contribution in [0.4, 0.5) is 0 Å². The van der Waals surface area contributed by atoms with Crippen LogP contribution in [0.5, 0.6) is 11.5 Å². The molecule has 1 saturated heterocycles. The first-order valence-corrected chi connectivity index (χ1v) is 10.5. The number of nitrogens with zero attached hydrogens (tertiary/aromatic N) is 1. The lowest BCUT2D eigenvalue weighted by Gasteiger charge is -2.35. The molecule has 0 bridgehead atoms. The zero-order chi connectivity index (χ0) is 21.6. The highest BCUT2D eigenvalue weighted by Gasteiger charge is 2.25. The molecule has 0 aliphatic carbocycles. The van der Waals surface area contributed by atoms with Gasteiger partial charge in [-0.2, -0.15) is 0 Å². The van der Waals surface area contributed by atoms with Gasteiger partial charge in [0, 0.05) is 25.2 Å². The van der Waals surface area contributed by atoms with Crippen molar-refractivity contribution in [2.24, 2.45) is 0 Å². The van der Waals surface area contributed by atoms with Gasteiger partial charge < -0.3 is 19.5 Å². The van der Waals surface area contributed by atoms with Gasteiger partial charge in [0.05, 0.1) is 33.5 Å². The molecule has 1 amide bonds. The van der Waals surface area contributed by atoms with Gasteiger partial charge >= 0.3 is 0 Å². The van der Waals surface area contributed by atoms with Crippen molar-refractivity contribution in [1.82, 2.24) is 10.2 Å². The summed E-state index contributed by atoms with van der Waals surface area (Å²) in [5.74, 6) is 0.995. The molecular weight excluding hydrogens is 392 g/mol. The fourth-order valence-electron chi connectivity index (χ4n) is 4.13. The van der Waals surface area contributed by atoms with Crippen LogP contribution in [0.3, 0.4) is 0 Å². The van der Waals surface area contributed by atoms with E-state index in [1.807, 2.05) is 0 Å². The molecule has 3 aromatic rings. The standard InChI is InChI=1S/C25H28N2O4/c1-29-23-11-10-19(16-24(23)30-2)25(28)26-17-22(27-12-14-31-15-13-27)21-9-5-7-18-6-3-4-8-20(18)21/h3-11,16,22H,12-15,17H2,1-2H3,(H,26,28)/t22-/m1/s1. The number of amides is 1. The van der Waals surface area contributed by atoms with Gasteiger partial charge in [-0.1, -0.05) is 42.5 Å². The van der Waals surface area contributed by atoms with Gasteiger partial charge in [0.2, 0.25) is 0 Å². The smallest absolute Gasteiger partial charge is 0.251 e. The quantitative estimate of drug-likeness (QED) is 0.632. The monoisotopic (exact) mass is 420 g/mol. The number of methoxy groups -OCH3 is 2. The summed E-state index contributed by atoms with van der Waals surface area (Å²) in [6, 6.07) is 20.0. The minimum atomic E-state index is -0.139. The van der Waals surface area contributed by atoms with Gasteiger partial charge in [-0.3, -0.25) is 9.69 Å². The van der Waals surface area contributed by atoms with Gasteiger partial charge in [0.15, 0.2) is 11.5 Å². The Morgan fingerprint density at radius 3 is 2.52 bits per heavy atom. The van der Waals surface area contributed by atoms with E-state index in [-0.39, 0.29) is 11.9 Å². The Bertz CT molecular complexity index is 1040. The third-order valence-electron chi connectivity index (χ3n) is 5.77. The molecule has 31 heavy (non-hydrogen) atoms. The number of rotatable bonds is 7. The molecule has 0 saturated carbocycles. The molecule has 4 rings (SSSR count). The summed E-state index contributed by atoms with van der Waals surface area (Å²) < 4.78 is 16.2. The Morgan fingerprint density at radius 2 is 1.74 bits per heavy atom. The lowest BCUT2D eigenvalue weighted by Crippen LogP contribution is -2.43. The van der Waals surface area contributed by atoms with Crippen molar-refractivity contribution in [3.63, 3.8) is 0 Å². The molecule has 1 fully saturated rings. The first-order chi connectivity index (χ1) is 15.2. The topological polar surface area (TPSA) is 60.0 Å². The zero-order valence-electron chi connectivity index (χ0n) is 18.0. The van der Waals surface area contributed by atoms with Gasteiger partial charge in [-0.25, -0.2) is 0 Å². The fraction of sp³-hybridized carbons (Fsp3) is 0.320. The highest BCUT2D eigenvalue weighted by molar-refractivity contribution is 5.95. The van der Waals surface area contributed by atoms with Gasteiger partial charge in [0.25, 0.3) is 5.91 Å². The maximum Gasteiger partial charge on any atom is 0.251 e. The number of fused-ring (bicyclic) bond motifs is 1. The van der Waals surface area contributed by atoms with E-state index < -0.39 is 0 Å². The number of carbonyl (C=O) groups excluding carboxylic acids is 1. The van der Waals surface area contributed by atoms with Crippen molar-refractivity contribution in [2.45, 2.75) is 6.04 Å². The van der Waals surface area contributed by atoms with E-state index in [1.165, 1.54) is 16.3 Å². The van der Waals surface area contributed by atoms with Gasteiger partial charge in [-0.15, -0.1) is 0 Å². The van der Waals surface area contributed by atoms with Crippen LogP contribution in [0, 0.1) is 0 Å². The minimum Gasteiger partial charge on any atom is -0.493 e. The number of benzene rings is 3. The van der Waals surface area contributed by atoms with E-state index >= 15 is 0 Å². The third-order valence-corrected chi connectivity index (χ3v) is 5.77. The number of morpholine rings is 1. The van der Waals surface area contributed by atoms with Crippen LogP contribution in [-0.4, -0.2) is 57.9 Å². The van der Waals surface area contributed by atoms with Crippen LogP contribution in [0.2, 0.25) is 0 Å². The first-order valence-electron chi connectivity index (χ1n) is 10.5. The van der Waals surface area contributed by atoms with Crippen LogP contribution in [0.25, 0.3) is 10.8 Å². The second-order valence-corrected chi connectivity index (χ2v) is 7.51. The van der Waals surface area contributed by atoms with Gasteiger partial charge in [0.1, 0.15) is 0 Å². The van der Waals surface area contributed by atoms with Crippen molar-refractivity contribution < 1.29 is 19.0 Å². The summed E-state index contributed by atoms with van der Waals surface area (Å²) in [4.78, 5) is 15.3. The molecule has 0 aromatic heterocycles. The predicted molar refractivity (Wildman–Crippen MR) is 121 cm³/mol. The van der Waals surface area contributed by atoms with Crippen LogP contribution in [-0.2, 0) is 4.74 Å². The summed E-state index contributed by atoms with van der Waals surface area (Å²) in [6.45, 7) is 3.57. The SMILES string of the molecule is COc1ccc(C(=O)NC[C@H](c2cccc3ccccc23)N2CCOCC2)cc1OC. The second-order valence-electron chi connectivity index (χ2n) is 7.51. The maximum atomic E-state index is 12.9. The Morgan fingerprint density at radius 1 is 1.00 bits per heavy atom. The van der Waals surface area contributed by atoms with Crippen LogP contribution >= 0.6 is 0 Å². The molecule has 1 heterocycles. The van der Waals surface area contributed by atoms with Crippen molar-refractivity contribution in [1.29, 1.82) is 0 Å². The molecule has 0 spiro atoms. The molecule has 1 N–H and O–H groups in total. The third kappa shape index (κ3) is 4.65. The Kier molecular flexibility index (Phi) is 6.70. The molecule has 3 aromatic carbocycles. The summed E-state index contributed by atoms with van der Waals surface area (Å²) >= 11 is 0. The summed E-state index contributed by atoms with van der Waals surface area (Å²) in [5.41, 5.74) is 1.75. The summed E-state index contributed by atoms with van der Waals surface area (Å²) in [6.07, 6.45) is 0. The number of hydrogen-bond donors (Lipinski definition) is 1. The predicted octanol–water partition coefficient (Wildman–Crippen LogP) is 3.66. The average molecular weight is 421 g/mol. The highest BCUT2D eigenvalue weighted by Crippen LogP contribution is 2.30. The molecule has 1 aliphatic heterocycles. The Labute approximate surface area is 182 Å². The lowest BCUT2D eigenvalue weighted by atomic mass is 9.97. The minimum absolute atomic E-state index is 0.0547. The zero-order valence-corrected chi connectivity index (χ0v) is 18.0. The van der Waals surface area contributed by atoms with E-state index in [0.717, 1.165) is 13.1 Å². The number of nitrogens with one attached hydrogen (secondary N) is 1. The number of ether oxygens (including phenoxy) is 3. The van der Waals surface area contributed by atoms with Crippen molar-refractivity contribution in [3.05, 3.63) is 71.8 Å². The molecule has 162 valence electrons. The van der Waals surface area contributed by atoms with E-state index in [2.05, 4.69) is 52.7 Å². The van der Waals surface area contributed by atoms with Gasteiger partial charge in [-0.05, 0) is 34.5 Å². The summed E-state index contributed by atoms with van der Waals surface area (Å²) in [7, 11) is 3.14. The maximum absolute atomic E-state index is 12.9. The second kappa shape index (κ2) is 9.81. The van der Waals surface area contributed by atoms with Crippen molar-refractivity contribution >= 4 is 16.7 Å². The number of carbonyl (C=O) groups is 1. The highest BCUT2D eigenvalue weighted by atomic mass is 16.5. The molecule has 1 atom stereocenters. The molecule has 1 aliphatic rings. The summed E-state index contributed by atoms with van der Waals surface area (Å²) in [5, 5.41) is 5.54. The molecule has 0 unspecified atom stereocenters. The van der Waals surface area contributed by atoms with E-state index in [1.54, 1.807) is 32.4 Å². The molecule has 0 radical (unpaired) electrons. The van der Waals surface area contributed by atoms with Crippen LogP contribution in [0.15, 0.2) is 60.7 Å². The first kappa shape index (κ1) is 21.2. The molecular formula is C25H28N2O4. The largest absolute Gasteiger partial charge is 0.493 e. The fourth-order valence-corrected chi connectivity index (χ4v) is 4.13. The Balaban J connectivity index is 1.59. The molecule has 6 heteroatoms. The normalized spacial score (nSPS) is 15.4. The number of hydrogen-bond acceptors (Lipinski definition) is 5. The van der Waals surface area contributed by atoms with E-state index in [9.17, 15) is 4.79 Å². The van der Waals surface area contributed by atoms with E-state index in [0.29, 0.717) is 36.8 Å². The van der Waals surface area contributed by atoms with Crippen molar-refractivity contribution in [2.75, 3.05) is 47.1 Å². The molecule has 6 nitrogen and oxygen atoms in total. The van der Waals surface area contributed by atoms with Crippen LogP contribution < -0.4 is 14.8 Å². The lowest BCUT2D eigenvalue weighted by molar-refractivity contribution is 0.0165. The van der Waals surface area contributed by atoms with Crippen molar-refractivity contribution in [3.8, 4) is 11.5 Å². The van der Waals surface area contributed by atoms with Crippen LogP contribution in [0.1, 0.15) is 22.0 Å². The average Bonchev–Trinajstić information content (AvgIpc) is 2.84.